The molecular weight excluding hydrogens is 372 g/mol. The quantitative estimate of drug-likeness (QED) is 0.570. The normalized spacial score (nSPS) is 14.4. The zero-order chi connectivity index (χ0) is 18.5. The van der Waals surface area contributed by atoms with Crippen molar-refractivity contribution in [2.24, 2.45) is 0 Å². The van der Waals surface area contributed by atoms with Crippen LogP contribution in [0.4, 0.5) is 5.69 Å². The van der Waals surface area contributed by atoms with Crippen molar-refractivity contribution in [3.63, 3.8) is 0 Å². The van der Waals surface area contributed by atoms with E-state index in [0.29, 0.717) is 24.2 Å². The van der Waals surface area contributed by atoms with Crippen LogP contribution >= 0.6 is 12.4 Å². The summed E-state index contributed by atoms with van der Waals surface area (Å²) in [4.78, 5) is 23.0. The smallest absolute Gasteiger partial charge is 0.273 e. The molecule has 27 heavy (non-hydrogen) atoms. The molecule has 1 saturated heterocycles. The summed E-state index contributed by atoms with van der Waals surface area (Å²) in [6.45, 7) is 4.00. The molecule has 2 heterocycles. The van der Waals surface area contributed by atoms with Crippen LogP contribution in [0, 0.1) is 17.0 Å². The van der Waals surface area contributed by atoms with Crippen LogP contribution in [0.5, 0.6) is 0 Å². The van der Waals surface area contributed by atoms with E-state index in [1.54, 1.807) is 18.2 Å². The van der Waals surface area contributed by atoms with E-state index in [-0.39, 0.29) is 30.0 Å². The van der Waals surface area contributed by atoms with E-state index in [4.69, 9.17) is 0 Å². The Balaban J connectivity index is 0.00000261. The van der Waals surface area contributed by atoms with E-state index in [0.717, 1.165) is 31.6 Å². The minimum absolute atomic E-state index is 0. The molecule has 9 nitrogen and oxygen atoms in total. The van der Waals surface area contributed by atoms with Crippen molar-refractivity contribution in [1.82, 2.24) is 25.6 Å². The summed E-state index contributed by atoms with van der Waals surface area (Å²) in [5.41, 5.74) is 1.72. The van der Waals surface area contributed by atoms with Gasteiger partial charge in [0.05, 0.1) is 16.7 Å². The number of para-hydroxylation sites is 1. The van der Waals surface area contributed by atoms with Crippen molar-refractivity contribution in [3.8, 4) is 0 Å². The lowest BCUT2D eigenvalue weighted by atomic mass is 10.1. The van der Waals surface area contributed by atoms with Gasteiger partial charge in [-0.1, -0.05) is 23.4 Å². The van der Waals surface area contributed by atoms with Crippen LogP contribution in [-0.4, -0.2) is 45.5 Å². The highest BCUT2D eigenvalue weighted by molar-refractivity contribution is 5.93. The van der Waals surface area contributed by atoms with Gasteiger partial charge in [0.15, 0.2) is 5.69 Å². The summed E-state index contributed by atoms with van der Waals surface area (Å²) in [5.74, 6) is -0.304. The number of benzene rings is 1. The maximum atomic E-state index is 12.4. The van der Waals surface area contributed by atoms with Gasteiger partial charge in [-0.05, 0) is 39.3 Å². The van der Waals surface area contributed by atoms with Crippen LogP contribution in [0.15, 0.2) is 24.3 Å². The summed E-state index contributed by atoms with van der Waals surface area (Å²) in [7, 11) is 0. The molecule has 1 fully saturated rings. The van der Waals surface area contributed by atoms with Gasteiger partial charge in [0.25, 0.3) is 11.6 Å². The minimum atomic E-state index is -0.411. The minimum Gasteiger partial charge on any atom is -0.350 e. The molecule has 1 aliphatic heterocycles. The number of nitro benzene ring substituents is 1. The Morgan fingerprint density at radius 1 is 1.37 bits per heavy atom. The first-order valence-electron chi connectivity index (χ1n) is 8.71. The Hall–Kier alpha value is -2.52. The topological polar surface area (TPSA) is 115 Å². The summed E-state index contributed by atoms with van der Waals surface area (Å²) >= 11 is 0. The largest absolute Gasteiger partial charge is 0.350 e. The van der Waals surface area contributed by atoms with E-state index in [2.05, 4.69) is 20.9 Å². The van der Waals surface area contributed by atoms with E-state index in [1.165, 1.54) is 6.07 Å². The molecule has 3 rings (SSSR count). The fraction of sp³-hybridized carbons (Fsp3) is 0.471. The molecule has 1 aromatic carbocycles. The van der Waals surface area contributed by atoms with Crippen LogP contribution in [-0.2, 0) is 6.42 Å². The molecule has 0 saturated carbocycles. The number of nitrogens with zero attached hydrogens (tertiary/aromatic N) is 4. The number of piperidine rings is 1. The number of hydrogen-bond acceptors (Lipinski definition) is 6. The number of amides is 1. The molecule has 0 aliphatic carbocycles. The Morgan fingerprint density at radius 2 is 2.07 bits per heavy atom. The highest BCUT2D eigenvalue weighted by atomic mass is 35.5. The number of nitrogens with one attached hydrogen (secondary N) is 2. The highest BCUT2D eigenvalue weighted by Gasteiger charge is 2.22. The number of carbonyl (C=O) groups is 1. The average molecular weight is 395 g/mol. The van der Waals surface area contributed by atoms with Crippen LogP contribution < -0.4 is 10.6 Å². The van der Waals surface area contributed by atoms with Crippen molar-refractivity contribution in [3.05, 3.63) is 51.3 Å². The Morgan fingerprint density at radius 3 is 2.78 bits per heavy atom. The fourth-order valence-electron chi connectivity index (χ4n) is 3.24. The Bertz CT molecular complexity index is 804. The number of rotatable bonds is 6. The number of hydrogen-bond donors (Lipinski definition) is 2. The maximum Gasteiger partial charge on any atom is 0.273 e. The van der Waals surface area contributed by atoms with Crippen molar-refractivity contribution in [2.75, 3.05) is 19.6 Å². The molecule has 0 spiro atoms. The van der Waals surface area contributed by atoms with Crippen molar-refractivity contribution >= 4 is 24.0 Å². The number of carbonyl (C=O) groups excluding carboxylic acids is 1. The van der Waals surface area contributed by atoms with Gasteiger partial charge in [0, 0.05) is 18.2 Å². The van der Waals surface area contributed by atoms with E-state index in [9.17, 15) is 14.9 Å². The van der Waals surface area contributed by atoms with Gasteiger partial charge in [-0.3, -0.25) is 14.9 Å². The monoisotopic (exact) mass is 394 g/mol. The second-order valence-electron chi connectivity index (χ2n) is 6.34. The molecule has 0 radical (unpaired) electrons. The summed E-state index contributed by atoms with van der Waals surface area (Å²) in [6.07, 6.45) is 2.30. The SMILES string of the molecule is Cc1c(C(=O)NCCc2ccccc2[N+](=O)[O-])nnn1C1CCNCC1.Cl. The number of halogens is 1. The average Bonchev–Trinajstić information content (AvgIpc) is 3.04. The third kappa shape index (κ3) is 4.81. The molecule has 1 amide bonds. The lowest BCUT2D eigenvalue weighted by Crippen LogP contribution is -2.30. The van der Waals surface area contributed by atoms with Gasteiger partial charge >= 0.3 is 0 Å². The molecular formula is C17H23ClN6O3. The molecule has 2 aromatic rings. The lowest BCUT2D eigenvalue weighted by Gasteiger charge is -2.23. The molecule has 10 heteroatoms. The van der Waals surface area contributed by atoms with E-state index < -0.39 is 4.92 Å². The zero-order valence-electron chi connectivity index (χ0n) is 15.1. The van der Waals surface area contributed by atoms with Gasteiger partial charge in [-0.2, -0.15) is 0 Å². The molecule has 0 atom stereocenters. The van der Waals surface area contributed by atoms with Gasteiger partial charge in [-0.25, -0.2) is 4.68 Å². The van der Waals surface area contributed by atoms with E-state index in [1.807, 2.05) is 11.6 Å². The van der Waals surface area contributed by atoms with Crippen LogP contribution in [0.2, 0.25) is 0 Å². The Labute approximate surface area is 163 Å². The fourth-order valence-corrected chi connectivity index (χ4v) is 3.24. The third-order valence-electron chi connectivity index (χ3n) is 4.67. The molecule has 146 valence electrons. The first-order valence-corrected chi connectivity index (χ1v) is 8.71. The van der Waals surface area contributed by atoms with Crippen molar-refractivity contribution in [2.45, 2.75) is 32.2 Å². The van der Waals surface area contributed by atoms with Crippen molar-refractivity contribution < 1.29 is 9.72 Å². The first-order chi connectivity index (χ1) is 12.6. The zero-order valence-corrected chi connectivity index (χ0v) is 15.9. The molecule has 0 bridgehead atoms. The summed E-state index contributed by atoms with van der Waals surface area (Å²) in [6, 6.07) is 6.80. The lowest BCUT2D eigenvalue weighted by molar-refractivity contribution is -0.385. The summed E-state index contributed by atoms with van der Waals surface area (Å²) < 4.78 is 1.83. The number of nitro groups is 1. The van der Waals surface area contributed by atoms with Crippen LogP contribution in [0.25, 0.3) is 0 Å². The van der Waals surface area contributed by atoms with Crippen molar-refractivity contribution in [1.29, 1.82) is 0 Å². The third-order valence-corrected chi connectivity index (χ3v) is 4.67. The second kappa shape index (κ2) is 9.43. The van der Waals surface area contributed by atoms with Gasteiger partial charge in [0.2, 0.25) is 0 Å². The van der Waals surface area contributed by atoms with Crippen LogP contribution in [0.1, 0.15) is 40.6 Å². The Kier molecular flexibility index (Phi) is 7.26. The van der Waals surface area contributed by atoms with Gasteiger partial charge in [-0.15, -0.1) is 17.5 Å². The van der Waals surface area contributed by atoms with E-state index >= 15 is 0 Å². The standard InChI is InChI=1S/C17H22N6O3.ClH/c1-12-16(20-21-22(12)14-7-9-18-10-8-14)17(24)19-11-6-13-4-2-3-5-15(13)23(25)26;/h2-5,14,18H,6-11H2,1H3,(H,19,24);1H. The van der Waals surface area contributed by atoms with Gasteiger partial charge < -0.3 is 10.6 Å². The first kappa shape index (κ1) is 20.8. The molecule has 1 aromatic heterocycles. The predicted molar refractivity (Wildman–Crippen MR) is 102 cm³/mol. The summed E-state index contributed by atoms with van der Waals surface area (Å²) in [5, 5.41) is 25.3. The molecule has 0 unspecified atom stereocenters. The molecule has 2 N–H and O–H groups in total. The number of aromatic nitrogens is 3. The van der Waals surface area contributed by atoms with Crippen LogP contribution in [0.3, 0.4) is 0 Å². The predicted octanol–water partition coefficient (Wildman–Crippen LogP) is 1.81. The van der Waals surface area contributed by atoms with Gasteiger partial charge in [0.1, 0.15) is 0 Å². The molecule has 1 aliphatic rings. The second-order valence-corrected chi connectivity index (χ2v) is 6.34. The highest BCUT2D eigenvalue weighted by Crippen LogP contribution is 2.20. The maximum absolute atomic E-state index is 12.4.